The van der Waals surface area contributed by atoms with E-state index >= 15 is 0 Å². The maximum absolute atomic E-state index is 12.6. The molecule has 0 radical (unpaired) electrons. The van der Waals surface area contributed by atoms with Gasteiger partial charge in [-0.3, -0.25) is 0 Å². The van der Waals surface area contributed by atoms with Gasteiger partial charge in [-0.15, -0.1) is 0 Å². The summed E-state index contributed by atoms with van der Waals surface area (Å²) in [6.07, 6.45) is 7.15. The molecule has 2 aromatic carbocycles. The Morgan fingerprint density at radius 2 is 1.07 bits per heavy atom. The van der Waals surface area contributed by atoms with Crippen molar-refractivity contribution in [3.8, 4) is 0 Å². The molecule has 0 bridgehead atoms. The van der Waals surface area contributed by atoms with Crippen molar-refractivity contribution < 1.29 is 14.3 Å². The molecule has 2 aromatic rings. The summed E-state index contributed by atoms with van der Waals surface area (Å²) in [4.78, 5) is 12.6. The van der Waals surface area contributed by atoms with Crippen LogP contribution in [-0.2, 0) is 9.47 Å². The Balaban J connectivity index is 2.02. The van der Waals surface area contributed by atoms with Gasteiger partial charge in [0.05, 0.1) is 0 Å². The molecule has 2 atom stereocenters. The van der Waals surface area contributed by atoms with Gasteiger partial charge in [0.15, 0.2) is 0 Å². The Kier molecular flexibility index (Phi) is 10.2. The Morgan fingerprint density at radius 3 is 1.43 bits per heavy atom. The monoisotopic (exact) mass is 382 g/mol. The van der Waals surface area contributed by atoms with Crippen LogP contribution in [-0.4, -0.2) is 6.16 Å². The summed E-state index contributed by atoms with van der Waals surface area (Å²) in [6, 6.07) is 19.9. The number of benzene rings is 2. The molecule has 152 valence electrons. The Labute approximate surface area is 170 Å². The number of unbranched alkanes of at least 4 members (excludes halogenated alkanes) is 4. The van der Waals surface area contributed by atoms with Crippen LogP contribution >= 0.6 is 0 Å². The highest BCUT2D eigenvalue weighted by Crippen LogP contribution is 2.28. The smallest absolute Gasteiger partial charge is 0.426 e. The van der Waals surface area contributed by atoms with E-state index in [1.807, 2.05) is 60.7 Å². The van der Waals surface area contributed by atoms with E-state index in [2.05, 4.69) is 13.8 Å². The van der Waals surface area contributed by atoms with Crippen LogP contribution in [0.2, 0.25) is 0 Å². The van der Waals surface area contributed by atoms with Gasteiger partial charge in [-0.1, -0.05) is 100 Å². The number of carbonyl (C=O) groups is 1. The van der Waals surface area contributed by atoms with E-state index in [4.69, 9.17) is 9.47 Å². The van der Waals surface area contributed by atoms with Crippen LogP contribution in [0.4, 0.5) is 4.79 Å². The zero-order valence-corrected chi connectivity index (χ0v) is 17.3. The van der Waals surface area contributed by atoms with Crippen molar-refractivity contribution in [1.29, 1.82) is 0 Å². The molecule has 0 saturated carbocycles. The van der Waals surface area contributed by atoms with Crippen molar-refractivity contribution in [1.82, 2.24) is 0 Å². The van der Waals surface area contributed by atoms with E-state index in [0.29, 0.717) is 0 Å². The second-order valence-electron chi connectivity index (χ2n) is 7.28. The molecule has 0 spiro atoms. The fourth-order valence-electron chi connectivity index (χ4n) is 3.34. The third-order valence-corrected chi connectivity index (χ3v) is 4.96. The molecular formula is C25H34O3. The van der Waals surface area contributed by atoms with Crippen molar-refractivity contribution in [3.05, 3.63) is 71.8 Å². The van der Waals surface area contributed by atoms with Crippen molar-refractivity contribution in [2.75, 3.05) is 0 Å². The molecule has 28 heavy (non-hydrogen) atoms. The second-order valence-corrected chi connectivity index (χ2v) is 7.28. The first-order chi connectivity index (χ1) is 13.7. The van der Waals surface area contributed by atoms with Gasteiger partial charge in [0.2, 0.25) is 0 Å². The number of hydrogen-bond acceptors (Lipinski definition) is 3. The van der Waals surface area contributed by atoms with E-state index in [0.717, 1.165) is 62.5 Å². The maximum Gasteiger partial charge on any atom is 0.509 e. The topological polar surface area (TPSA) is 35.5 Å². The molecule has 0 aliphatic rings. The average molecular weight is 383 g/mol. The van der Waals surface area contributed by atoms with Crippen molar-refractivity contribution in [2.45, 2.75) is 77.4 Å². The van der Waals surface area contributed by atoms with Crippen molar-refractivity contribution in [2.24, 2.45) is 0 Å². The van der Waals surface area contributed by atoms with Gasteiger partial charge in [0, 0.05) is 0 Å². The number of ether oxygens (including phenoxy) is 2. The molecule has 0 N–H and O–H groups in total. The van der Waals surface area contributed by atoms with Crippen LogP contribution in [0.25, 0.3) is 0 Å². The molecule has 0 heterocycles. The van der Waals surface area contributed by atoms with Gasteiger partial charge < -0.3 is 9.47 Å². The first kappa shape index (κ1) is 22.0. The van der Waals surface area contributed by atoms with Crippen LogP contribution in [0.15, 0.2) is 60.7 Å². The summed E-state index contributed by atoms with van der Waals surface area (Å²) in [5, 5.41) is 0. The molecule has 2 rings (SSSR count). The zero-order valence-electron chi connectivity index (χ0n) is 17.3. The normalized spacial score (nSPS) is 12.9. The van der Waals surface area contributed by atoms with Crippen LogP contribution in [0.3, 0.4) is 0 Å². The summed E-state index contributed by atoms with van der Waals surface area (Å²) < 4.78 is 11.6. The number of hydrogen-bond donors (Lipinski definition) is 0. The summed E-state index contributed by atoms with van der Waals surface area (Å²) in [7, 11) is 0. The number of rotatable bonds is 12. The lowest BCUT2D eigenvalue weighted by molar-refractivity contribution is -0.00863. The molecule has 0 aromatic heterocycles. The summed E-state index contributed by atoms with van der Waals surface area (Å²) >= 11 is 0. The highest BCUT2D eigenvalue weighted by molar-refractivity contribution is 5.61. The summed E-state index contributed by atoms with van der Waals surface area (Å²) in [5.74, 6) is 0. The highest BCUT2D eigenvalue weighted by atomic mass is 16.7. The third-order valence-electron chi connectivity index (χ3n) is 4.96. The number of carbonyl (C=O) groups excluding carboxylic acids is 1. The third kappa shape index (κ3) is 7.75. The molecule has 0 aliphatic heterocycles. The van der Waals surface area contributed by atoms with E-state index < -0.39 is 6.16 Å². The van der Waals surface area contributed by atoms with E-state index in [1.54, 1.807) is 0 Å². The first-order valence-electron chi connectivity index (χ1n) is 10.7. The van der Waals surface area contributed by atoms with Gasteiger partial charge >= 0.3 is 6.16 Å². The van der Waals surface area contributed by atoms with Crippen LogP contribution in [0, 0.1) is 0 Å². The van der Waals surface area contributed by atoms with Gasteiger partial charge in [-0.2, -0.15) is 0 Å². The lowest BCUT2D eigenvalue weighted by Gasteiger charge is -2.22. The van der Waals surface area contributed by atoms with Crippen molar-refractivity contribution >= 4 is 6.16 Å². The first-order valence-corrected chi connectivity index (χ1v) is 10.7. The molecule has 0 saturated heterocycles. The van der Waals surface area contributed by atoms with Crippen molar-refractivity contribution in [3.63, 3.8) is 0 Å². The van der Waals surface area contributed by atoms with Crippen LogP contribution in [0.5, 0.6) is 0 Å². The van der Waals surface area contributed by atoms with Gasteiger partial charge in [0.25, 0.3) is 0 Å². The minimum absolute atomic E-state index is 0.257. The Hall–Kier alpha value is -2.29. The highest BCUT2D eigenvalue weighted by Gasteiger charge is 2.22. The molecular weight excluding hydrogens is 348 g/mol. The largest absolute Gasteiger partial charge is 0.509 e. The molecule has 0 fully saturated rings. The second kappa shape index (κ2) is 13.0. The predicted octanol–water partition coefficient (Wildman–Crippen LogP) is 7.78. The fourth-order valence-corrected chi connectivity index (χ4v) is 3.34. The quantitative estimate of drug-likeness (QED) is 0.278. The maximum atomic E-state index is 12.6. The van der Waals surface area contributed by atoms with E-state index in [-0.39, 0.29) is 12.2 Å². The van der Waals surface area contributed by atoms with Gasteiger partial charge in [-0.25, -0.2) is 4.79 Å². The molecule has 2 unspecified atom stereocenters. The SMILES string of the molecule is CCCCCC(OC(=O)OC(CCCCC)c1ccccc1)c1ccccc1. The summed E-state index contributed by atoms with van der Waals surface area (Å²) in [5.41, 5.74) is 2.05. The minimum atomic E-state index is -0.573. The van der Waals surface area contributed by atoms with Gasteiger partial charge in [-0.05, 0) is 36.8 Å². The minimum Gasteiger partial charge on any atom is -0.426 e. The standard InChI is InChI=1S/C25H34O3/c1-3-5-9-19-23(21-15-11-7-12-16-21)27-25(26)28-24(20-10-6-4-2)22-17-13-8-14-18-22/h7-8,11-18,23-24H,3-6,9-10,19-20H2,1-2H3. The molecule has 3 nitrogen and oxygen atoms in total. The molecule has 0 amide bonds. The predicted molar refractivity (Wildman–Crippen MR) is 114 cm³/mol. The van der Waals surface area contributed by atoms with Gasteiger partial charge in [0.1, 0.15) is 12.2 Å². The zero-order chi connectivity index (χ0) is 20.0. The Morgan fingerprint density at radius 1 is 0.679 bits per heavy atom. The van der Waals surface area contributed by atoms with E-state index in [1.165, 1.54) is 0 Å². The van der Waals surface area contributed by atoms with E-state index in [9.17, 15) is 4.79 Å². The summed E-state index contributed by atoms with van der Waals surface area (Å²) in [6.45, 7) is 4.35. The van der Waals surface area contributed by atoms with Crippen LogP contribution in [0.1, 0.15) is 88.5 Å². The van der Waals surface area contributed by atoms with Crippen LogP contribution < -0.4 is 0 Å². The average Bonchev–Trinajstić information content (AvgIpc) is 2.74. The Bertz CT molecular complexity index is 597. The lowest BCUT2D eigenvalue weighted by atomic mass is 10.0. The molecule has 0 aliphatic carbocycles. The molecule has 3 heteroatoms. The lowest BCUT2D eigenvalue weighted by Crippen LogP contribution is -2.16. The fraction of sp³-hybridized carbons (Fsp3) is 0.480.